The average Bonchev–Trinajstić information content (AvgIpc) is 2.94. The lowest BCUT2D eigenvalue weighted by Gasteiger charge is -2.56. The molecule has 0 spiro atoms. The first-order chi connectivity index (χ1) is 12.1. The molecule has 0 aromatic carbocycles. The number of ether oxygens (including phenoxy) is 1. The zero-order valence-electron chi connectivity index (χ0n) is 15.6. The van der Waals surface area contributed by atoms with Crippen molar-refractivity contribution in [2.24, 2.45) is 29.1 Å². The number of fused-ring (bicyclic) bond motifs is 5. The van der Waals surface area contributed by atoms with Gasteiger partial charge in [0.25, 0.3) is 0 Å². The van der Waals surface area contributed by atoms with Crippen molar-refractivity contribution in [1.82, 2.24) is 0 Å². The Kier molecular flexibility index (Phi) is 4.23. The summed E-state index contributed by atoms with van der Waals surface area (Å²) in [5.41, 5.74) is 0.710. The first-order valence-corrected chi connectivity index (χ1v) is 10.1. The monoisotopic (exact) mass is 341 g/mol. The molecular formula is C22H31NO2. The topological polar surface area (TPSA) is 53.2 Å². The summed E-state index contributed by atoms with van der Waals surface area (Å²) >= 11 is 0. The van der Waals surface area contributed by atoms with Crippen molar-refractivity contribution in [3.05, 3.63) is 23.5 Å². The SMILES string of the molecule is CC[C@]12CC[C@H]3[C@@H](CC=C4C=C(OC)CC[C@@H]43)[C@@H]1CC[C@@]2(O)CC#N. The highest BCUT2D eigenvalue weighted by Crippen LogP contribution is 2.66. The van der Waals surface area contributed by atoms with Gasteiger partial charge in [-0.15, -0.1) is 0 Å². The summed E-state index contributed by atoms with van der Waals surface area (Å²) in [6, 6.07) is 2.29. The molecule has 1 N–H and O–H groups in total. The van der Waals surface area contributed by atoms with E-state index in [0.29, 0.717) is 24.2 Å². The Morgan fingerprint density at radius 2 is 2.12 bits per heavy atom. The number of nitrogens with zero attached hydrogens (tertiary/aromatic N) is 1. The molecule has 0 amide bonds. The van der Waals surface area contributed by atoms with Crippen LogP contribution in [-0.2, 0) is 4.74 Å². The predicted molar refractivity (Wildman–Crippen MR) is 97.4 cm³/mol. The summed E-state index contributed by atoms with van der Waals surface area (Å²) in [5, 5.41) is 20.7. The second-order valence-corrected chi connectivity index (χ2v) is 8.79. The van der Waals surface area contributed by atoms with Gasteiger partial charge in [0.15, 0.2) is 0 Å². The van der Waals surface area contributed by atoms with Crippen molar-refractivity contribution in [3.8, 4) is 6.07 Å². The van der Waals surface area contributed by atoms with E-state index in [9.17, 15) is 10.4 Å². The number of hydrogen-bond donors (Lipinski definition) is 1. The third-order valence-electron chi connectivity index (χ3n) is 8.36. The predicted octanol–water partition coefficient (Wildman–Crippen LogP) is 4.73. The Morgan fingerprint density at radius 3 is 2.84 bits per heavy atom. The molecule has 0 aliphatic heterocycles. The first-order valence-electron chi connectivity index (χ1n) is 10.1. The van der Waals surface area contributed by atoms with Crippen LogP contribution < -0.4 is 0 Å². The first kappa shape index (κ1) is 17.2. The van der Waals surface area contributed by atoms with Crippen molar-refractivity contribution >= 4 is 0 Å². The molecule has 0 radical (unpaired) electrons. The van der Waals surface area contributed by atoms with Gasteiger partial charge in [0, 0.05) is 11.8 Å². The normalized spacial score (nSPS) is 45.4. The number of rotatable bonds is 3. The van der Waals surface area contributed by atoms with E-state index in [2.05, 4.69) is 25.1 Å². The molecule has 4 rings (SSSR count). The standard InChI is InChI=1S/C22H31NO2/c1-3-21-10-8-18-17-7-5-16(25-2)14-15(17)4-6-19(18)20(21)9-11-22(21,24)12-13-23/h4,14,17-20,24H,3,5-12H2,1-2H3/t17-,18+,19+,20-,21-,22+/m0/s1. The molecule has 3 heteroatoms. The molecule has 0 unspecified atom stereocenters. The average molecular weight is 341 g/mol. The molecular weight excluding hydrogens is 310 g/mol. The second kappa shape index (κ2) is 6.16. The van der Waals surface area contributed by atoms with E-state index in [4.69, 9.17) is 4.74 Å². The minimum absolute atomic E-state index is 0.0303. The summed E-state index contributed by atoms with van der Waals surface area (Å²) in [4.78, 5) is 0. The zero-order chi connectivity index (χ0) is 17.7. The van der Waals surface area contributed by atoms with Crippen LogP contribution in [0.1, 0.15) is 64.7 Å². The lowest BCUT2D eigenvalue weighted by Crippen LogP contribution is -2.53. The van der Waals surface area contributed by atoms with E-state index < -0.39 is 5.60 Å². The van der Waals surface area contributed by atoms with Crippen LogP contribution in [0.4, 0.5) is 0 Å². The summed E-state index contributed by atoms with van der Waals surface area (Å²) in [6.45, 7) is 2.24. The smallest absolute Gasteiger partial charge is 0.0958 e. The lowest BCUT2D eigenvalue weighted by atomic mass is 9.50. The highest BCUT2D eigenvalue weighted by atomic mass is 16.5. The van der Waals surface area contributed by atoms with Gasteiger partial charge in [-0.05, 0) is 80.3 Å². The third kappa shape index (κ3) is 2.33. The molecule has 4 aliphatic carbocycles. The second-order valence-electron chi connectivity index (χ2n) is 8.79. The Labute approximate surface area is 151 Å². The molecule has 25 heavy (non-hydrogen) atoms. The van der Waals surface area contributed by atoms with Gasteiger partial charge in [-0.3, -0.25) is 0 Å². The van der Waals surface area contributed by atoms with Gasteiger partial charge in [0.05, 0.1) is 31.0 Å². The van der Waals surface area contributed by atoms with Gasteiger partial charge in [-0.2, -0.15) is 5.26 Å². The fraction of sp³-hybridized carbons (Fsp3) is 0.773. The van der Waals surface area contributed by atoms with Crippen LogP contribution in [0.25, 0.3) is 0 Å². The van der Waals surface area contributed by atoms with Crippen LogP contribution in [-0.4, -0.2) is 17.8 Å². The van der Waals surface area contributed by atoms with E-state index in [0.717, 1.165) is 50.2 Å². The maximum atomic E-state index is 11.4. The van der Waals surface area contributed by atoms with Gasteiger partial charge in [0.2, 0.25) is 0 Å². The van der Waals surface area contributed by atoms with Gasteiger partial charge >= 0.3 is 0 Å². The van der Waals surface area contributed by atoms with Gasteiger partial charge < -0.3 is 9.84 Å². The lowest BCUT2D eigenvalue weighted by molar-refractivity contribution is -0.124. The van der Waals surface area contributed by atoms with E-state index in [1.165, 1.54) is 18.4 Å². The minimum atomic E-state index is -0.758. The van der Waals surface area contributed by atoms with Gasteiger partial charge in [0.1, 0.15) is 0 Å². The minimum Gasteiger partial charge on any atom is -0.501 e. The van der Waals surface area contributed by atoms with Crippen LogP contribution in [0.2, 0.25) is 0 Å². The molecule has 0 aromatic rings. The number of nitriles is 1. The fourth-order valence-corrected chi connectivity index (χ4v) is 7.18. The molecule has 4 aliphatic rings. The fourth-order valence-electron chi connectivity index (χ4n) is 7.18. The van der Waals surface area contributed by atoms with Gasteiger partial charge in [-0.25, -0.2) is 0 Å². The quantitative estimate of drug-likeness (QED) is 0.807. The largest absolute Gasteiger partial charge is 0.501 e. The molecule has 2 fully saturated rings. The van der Waals surface area contributed by atoms with E-state index in [-0.39, 0.29) is 5.41 Å². The van der Waals surface area contributed by atoms with Gasteiger partial charge in [-0.1, -0.05) is 13.0 Å². The maximum Gasteiger partial charge on any atom is 0.0958 e. The number of hydrogen-bond acceptors (Lipinski definition) is 3. The van der Waals surface area contributed by atoms with Crippen molar-refractivity contribution in [1.29, 1.82) is 5.26 Å². The highest BCUT2D eigenvalue weighted by Gasteiger charge is 2.63. The number of aliphatic hydroxyl groups is 1. The van der Waals surface area contributed by atoms with Crippen LogP contribution in [0.3, 0.4) is 0 Å². The Balaban J connectivity index is 1.65. The molecule has 6 atom stereocenters. The maximum absolute atomic E-state index is 11.4. The molecule has 0 bridgehead atoms. The summed E-state index contributed by atoms with van der Waals surface area (Å²) in [6.07, 6.45) is 13.7. The van der Waals surface area contributed by atoms with Crippen LogP contribution in [0.5, 0.6) is 0 Å². The van der Waals surface area contributed by atoms with Crippen molar-refractivity contribution in [2.45, 2.75) is 70.3 Å². The Bertz CT molecular complexity index is 645. The van der Waals surface area contributed by atoms with Crippen molar-refractivity contribution in [3.63, 3.8) is 0 Å². The number of methoxy groups -OCH3 is 1. The summed E-state index contributed by atoms with van der Waals surface area (Å²) < 4.78 is 5.49. The third-order valence-corrected chi connectivity index (χ3v) is 8.36. The van der Waals surface area contributed by atoms with Crippen LogP contribution >= 0.6 is 0 Å². The molecule has 0 aromatic heterocycles. The summed E-state index contributed by atoms with van der Waals surface area (Å²) in [7, 11) is 1.78. The van der Waals surface area contributed by atoms with Crippen molar-refractivity contribution in [2.75, 3.05) is 7.11 Å². The molecule has 0 heterocycles. The Hall–Kier alpha value is -1.27. The molecule has 136 valence electrons. The highest BCUT2D eigenvalue weighted by molar-refractivity contribution is 5.32. The number of allylic oxidation sites excluding steroid dienone is 4. The molecule has 3 nitrogen and oxygen atoms in total. The Morgan fingerprint density at radius 1 is 1.28 bits per heavy atom. The zero-order valence-corrected chi connectivity index (χ0v) is 15.6. The molecule has 0 saturated heterocycles. The van der Waals surface area contributed by atoms with Crippen LogP contribution in [0, 0.1) is 40.4 Å². The van der Waals surface area contributed by atoms with E-state index in [1.54, 1.807) is 7.11 Å². The van der Waals surface area contributed by atoms with E-state index >= 15 is 0 Å². The van der Waals surface area contributed by atoms with E-state index in [1.807, 2.05) is 0 Å². The molecule has 2 saturated carbocycles. The van der Waals surface area contributed by atoms with Crippen molar-refractivity contribution < 1.29 is 9.84 Å². The summed E-state index contributed by atoms with van der Waals surface area (Å²) in [5.74, 6) is 3.83. The van der Waals surface area contributed by atoms with Crippen LogP contribution in [0.15, 0.2) is 23.5 Å².